The maximum absolute atomic E-state index is 13.0. The van der Waals surface area contributed by atoms with Crippen LogP contribution >= 0.6 is 0 Å². The van der Waals surface area contributed by atoms with Gasteiger partial charge in [-0.1, -0.05) is 12.2 Å². The van der Waals surface area contributed by atoms with Gasteiger partial charge in [0.25, 0.3) is 0 Å². The fourth-order valence-electron chi connectivity index (χ4n) is 7.63. The summed E-state index contributed by atoms with van der Waals surface area (Å²) < 4.78 is 0. The van der Waals surface area contributed by atoms with Gasteiger partial charge in [0.15, 0.2) is 0 Å². The number of hydrogen-bond acceptors (Lipinski definition) is 2. The molecular weight excluding hydrogens is 236 g/mol. The average Bonchev–Trinajstić information content (AvgIpc) is 2.95. The normalized spacial score (nSPS) is 61.9. The molecule has 2 bridgehead atoms. The molecule has 5 fully saturated rings. The van der Waals surface area contributed by atoms with Crippen molar-refractivity contribution >= 4 is 11.6 Å². The van der Waals surface area contributed by atoms with Crippen LogP contribution in [0.5, 0.6) is 0 Å². The SMILES string of the molecule is C=CCC12C(=O)C3C4C(=O)C1(CC=C)C1C2[C@@H]3C[C@@H]41. The molecule has 0 aromatic heterocycles. The number of rotatable bonds is 4. The second kappa shape index (κ2) is 2.65. The molecule has 0 spiro atoms. The summed E-state index contributed by atoms with van der Waals surface area (Å²) >= 11 is 0. The monoisotopic (exact) mass is 254 g/mol. The minimum atomic E-state index is -0.373. The molecule has 5 rings (SSSR count). The third kappa shape index (κ3) is 0.643. The molecule has 2 nitrogen and oxygen atoms in total. The predicted octanol–water partition coefficient (Wildman–Crippen LogP) is 2.40. The zero-order valence-corrected chi connectivity index (χ0v) is 11.0. The van der Waals surface area contributed by atoms with Crippen molar-refractivity contribution in [3.05, 3.63) is 25.3 Å². The van der Waals surface area contributed by atoms with Crippen LogP contribution in [0.2, 0.25) is 0 Å². The number of carbonyl (C=O) groups excluding carboxylic acids is 2. The lowest BCUT2D eigenvalue weighted by Gasteiger charge is -2.63. The van der Waals surface area contributed by atoms with Crippen LogP contribution in [0.3, 0.4) is 0 Å². The van der Waals surface area contributed by atoms with Crippen LogP contribution in [0.1, 0.15) is 19.3 Å². The Kier molecular flexibility index (Phi) is 1.48. The lowest BCUT2D eigenvalue weighted by molar-refractivity contribution is -0.189. The fourth-order valence-corrected chi connectivity index (χ4v) is 7.63. The zero-order chi connectivity index (χ0) is 13.2. The van der Waals surface area contributed by atoms with Crippen LogP contribution in [-0.2, 0) is 9.59 Å². The molecule has 0 radical (unpaired) electrons. The summed E-state index contributed by atoms with van der Waals surface area (Å²) in [7, 11) is 0. The second-order valence-corrected chi connectivity index (χ2v) is 7.32. The Morgan fingerprint density at radius 1 is 0.947 bits per heavy atom. The van der Waals surface area contributed by atoms with Gasteiger partial charge in [0.05, 0.1) is 0 Å². The number of Topliss-reactive ketones (excluding diaryl/α,β-unsaturated/α-hetero) is 2. The zero-order valence-electron chi connectivity index (χ0n) is 11.0. The summed E-state index contributed by atoms with van der Waals surface area (Å²) in [6, 6.07) is 0. The van der Waals surface area contributed by atoms with Crippen molar-refractivity contribution in [1.82, 2.24) is 0 Å². The minimum absolute atomic E-state index is 0.0825. The van der Waals surface area contributed by atoms with Gasteiger partial charge in [0.2, 0.25) is 0 Å². The number of allylic oxidation sites excluding steroid dienone is 2. The molecule has 0 N–H and O–H groups in total. The number of ketones is 2. The van der Waals surface area contributed by atoms with E-state index in [0.717, 1.165) is 6.42 Å². The van der Waals surface area contributed by atoms with Gasteiger partial charge in [-0.15, -0.1) is 13.2 Å². The maximum Gasteiger partial charge on any atom is 0.144 e. The first-order chi connectivity index (χ1) is 9.16. The minimum Gasteiger partial charge on any atom is -0.299 e. The second-order valence-electron chi connectivity index (χ2n) is 7.32. The molecule has 5 saturated carbocycles. The molecule has 2 heteroatoms. The van der Waals surface area contributed by atoms with Crippen LogP contribution < -0.4 is 0 Å². The highest BCUT2D eigenvalue weighted by Crippen LogP contribution is 2.91. The Morgan fingerprint density at radius 3 is 1.74 bits per heavy atom. The van der Waals surface area contributed by atoms with E-state index in [2.05, 4.69) is 13.2 Å². The number of carbonyl (C=O) groups is 2. The van der Waals surface area contributed by atoms with Crippen molar-refractivity contribution in [2.45, 2.75) is 19.3 Å². The molecule has 98 valence electrons. The Morgan fingerprint density at radius 2 is 1.37 bits per heavy atom. The third-order valence-electron chi connectivity index (χ3n) is 7.51. The molecular formula is C17H18O2. The standard InChI is InChI=1S/C17H18O2/c1-3-5-16-12-8-7-9-11(10(8)14(16)18)15(19)17(16,6-4-2)13(9)12/h3-4,8-13H,1-2,5-7H2/t8-,9+,10?,11?,12?,13?,16?,17?. The van der Waals surface area contributed by atoms with Crippen molar-refractivity contribution < 1.29 is 9.59 Å². The summed E-state index contributed by atoms with van der Waals surface area (Å²) in [5, 5.41) is 0. The van der Waals surface area contributed by atoms with Crippen LogP contribution in [0.15, 0.2) is 25.3 Å². The van der Waals surface area contributed by atoms with Crippen molar-refractivity contribution in [3.8, 4) is 0 Å². The lowest BCUT2D eigenvalue weighted by Crippen LogP contribution is -2.67. The predicted molar refractivity (Wildman–Crippen MR) is 70.1 cm³/mol. The van der Waals surface area contributed by atoms with Crippen LogP contribution in [0.25, 0.3) is 0 Å². The topological polar surface area (TPSA) is 34.1 Å². The van der Waals surface area contributed by atoms with Crippen LogP contribution in [0.4, 0.5) is 0 Å². The van der Waals surface area contributed by atoms with Gasteiger partial charge in [-0.05, 0) is 42.9 Å². The molecule has 0 aliphatic heterocycles. The lowest BCUT2D eigenvalue weighted by atomic mass is 9.37. The highest BCUT2D eigenvalue weighted by Gasteiger charge is 2.94. The van der Waals surface area contributed by atoms with Crippen molar-refractivity contribution in [1.29, 1.82) is 0 Å². The van der Waals surface area contributed by atoms with E-state index in [1.54, 1.807) is 0 Å². The van der Waals surface area contributed by atoms with Gasteiger partial charge < -0.3 is 0 Å². The van der Waals surface area contributed by atoms with Gasteiger partial charge in [-0.25, -0.2) is 0 Å². The first-order valence-corrected chi connectivity index (χ1v) is 7.47. The Balaban J connectivity index is 1.82. The van der Waals surface area contributed by atoms with E-state index in [0.29, 0.717) is 48.1 Å². The summed E-state index contributed by atoms with van der Waals surface area (Å²) in [5.74, 6) is 3.05. The first-order valence-electron chi connectivity index (χ1n) is 7.47. The largest absolute Gasteiger partial charge is 0.299 e. The maximum atomic E-state index is 13.0. The molecule has 0 heterocycles. The number of fused-ring (bicyclic) bond motifs is 2. The number of hydrogen-bond donors (Lipinski definition) is 0. The molecule has 6 unspecified atom stereocenters. The molecule has 0 aromatic rings. The molecule has 0 amide bonds. The van der Waals surface area contributed by atoms with Crippen molar-refractivity contribution in [3.63, 3.8) is 0 Å². The van der Waals surface area contributed by atoms with E-state index in [9.17, 15) is 9.59 Å². The van der Waals surface area contributed by atoms with Crippen molar-refractivity contribution in [2.24, 2.45) is 46.3 Å². The van der Waals surface area contributed by atoms with Crippen LogP contribution in [0, 0.1) is 46.3 Å². The highest BCUT2D eigenvalue weighted by atomic mass is 16.2. The molecule has 0 aromatic carbocycles. The van der Waals surface area contributed by atoms with Crippen LogP contribution in [-0.4, -0.2) is 11.6 Å². The van der Waals surface area contributed by atoms with Gasteiger partial charge in [0, 0.05) is 22.7 Å². The summed E-state index contributed by atoms with van der Waals surface area (Å²) in [6.07, 6.45) is 6.30. The van der Waals surface area contributed by atoms with E-state index >= 15 is 0 Å². The summed E-state index contributed by atoms with van der Waals surface area (Å²) in [6.45, 7) is 7.72. The van der Waals surface area contributed by atoms with E-state index in [4.69, 9.17) is 0 Å². The molecule has 19 heavy (non-hydrogen) atoms. The Hall–Kier alpha value is -1.18. The van der Waals surface area contributed by atoms with Crippen molar-refractivity contribution in [2.75, 3.05) is 0 Å². The van der Waals surface area contributed by atoms with E-state index in [-0.39, 0.29) is 22.7 Å². The third-order valence-corrected chi connectivity index (χ3v) is 7.51. The van der Waals surface area contributed by atoms with Gasteiger partial charge in [-0.2, -0.15) is 0 Å². The van der Waals surface area contributed by atoms with Gasteiger partial charge in [-0.3, -0.25) is 9.59 Å². The molecule has 5 aliphatic carbocycles. The summed E-state index contributed by atoms with van der Waals surface area (Å²) in [5.41, 5.74) is -0.746. The molecule has 5 aliphatic rings. The van der Waals surface area contributed by atoms with E-state index in [1.807, 2.05) is 12.2 Å². The fraction of sp³-hybridized carbons (Fsp3) is 0.647. The van der Waals surface area contributed by atoms with E-state index in [1.165, 1.54) is 0 Å². The van der Waals surface area contributed by atoms with Gasteiger partial charge in [0.1, 0.15) is 11.6 Å². The first kappa shape index (κ1) is 10.6. The Labute approximate surface area is 112 Å². The smallest absolute Gasteiger partial charge is 0.144 e. The van der Waals surface area contributed by atoms with Gasteiger partial charge >= 0.3 is 0 Å². The summed E-state index contributed by atoms with van der Waals surface area (Å²) in [4.78, 5) is 26.0. The average molecular weight is 254 g/mol. The molecule has 0 saturated heterocycles. The quantitative estimate of drug-likeness (QED) is 0.722. The highest BCUT2D eigenvalue weighted by molar-refractivity contribution is 6.11. The molecule has 8 atom stereocenters. The van der Waals surface area contributed by atoms with E-state index < -0.39 is 0 Å². The Bertz CT molecular complexity index is 526.